The van der Waals surface area contributed by atoms with Crippen molar-refractivity contribution < 1.29 is 23.9 Å². The summed E-state index contributed by atoms with van der Waals surface area (Å²) in [5.74, 6) is -0.153. The molecule has 0 aromatic carbocycles. The average molecular weight is 441 g/mol. The first-order valence-corrected chi connectivity index (χ1v) is 11.2. The second kappa shape index (κ2) is 11.2. The van der Waals surface area contributed by atoms with E-state index in [0.717, 1.165) is 6.54 Å². The van der Waals surface area contributed by atoms with Gasteiger partial charge in [-0.1, -0.05) is 27.7 Å². The highest BCUT2D eigenvalue weighted by Crippen LogP contribution is 2.31. The monoisotopic (exact) mass is 440 g/mol. The van der Waals surface area contributed by atoms with E-state index in [1.165, 1.54) is 0 Å². The van der Waals surface area contributed by atoms with Crippen LogP contribution >= 0.6 is 0 Å². The summed E-state index contributed by atoms with van der Waals surface area (Å²) in [6.07, 6.45) is 0.760. The maximum atomic E-state index is 13.3. The molecule has 2 N–H and O–H groups in total. The number of carbonyl (C=O) groups is 3. The molecule has 2 fully saturated rings. The fraction of sp³-hybridized carbons (Fsp3) is 0.864. The summed E-state index contributed by atoms with van der Waals surface area (Å²) in [7, 11) is 3.91. The zero-order valence-corrected chi connectivity index (χ0v) is 19.9. The Hall–Kier alpha value is -1.71. The van der Waals surface area contributed by atoms with Gasteiger partial charge >= 0.3 is 6.03 Å². The highest BCUT2D eigenvalue weighted by atomic mass is 16.5. The third-order valence-corrected chi connectivity index (χ3v) is 6.52. The minimum atomic E-state index is -0.740. The van der Waals surface area contributed by atoms with Crippen LogP contribution in [0.3, 0.4) is 0 Å². The molecule has 2 rings (SSSR count). The van der Waals surface area contributed by atoms with Gasteiger partial charge in [0.15, 0.2) is 5.78 Å². The van der Waals surface area contributed by atoms with E-state index in [4.69, 9.17) is 9.47 Å². The Labute approximate surface area is 186 Å². The van der Waals surface area contributed by atoms with Gasteiger partial charge in [0.05, 0.1) is 19.3 Å². The van der Waals surface area contributed by atoms with Gasteiger partial charge in [-0.25, -0.2) is 4.79 Å². The number of hydrogen-bond acceptors (Lipinski definition) is 6. The quantitative estimate of drug-likeness (QED) is 0.552. The van der Waals surface area contributed by atoms with Gasteiger partial charge < -0.3 is 29.9 Å². The number of Topliss-reactive ketones (excluding diaryl/α,β-unsaturated/α-hetero) is 1. The van der Waals surface area contributed by atoms with Crippen LogP contribution in [-0.2, 0) is 19.1 Å². The average Bonchev–Trinajstić information content (AvgIpc) is 3.05. The number of morpholine rings is 1. The second-order valence-electron chi connectivity index (χ2n) is 9.84. The van der Waals surface area contributed by atoms with Crippen LogP contribution in [0.1, 0.15) is 40.5 Å². The van der Waals surface area contributed by atoms with E-state index in [1.54, 1.807) is 4.90 Å². The van der Waals surface area contributed by atoms with E-state index in [1.807, 2.05) is 19.0 Å². The highest BCUT2D eigenvalue weighted by molar-refractivity contribution is 5.94. The van der Waals surface area contributed by atoms with Crippen LogP contribution in [0, 0.1) is 11.3 Å². The molecule has 0 aromatic heterocycles. The van der Waals surface area contributed by atoms with Crippen LogP contribution in [0.5, 0.6) is 0 Å². The fourth-order valence-electron chi connectivity index (χ4n) is 3.62. The molecule has 3 atom stereocenters. The van der Waals surface area contributed by atoms with Gasteiger partial charge in [0.2, 0.25) is 5.91 Å². The van der Waals surface area contributed by atoms with Crippen molar-refractivity contribution in [3.63, 3.8) is 0 Å². The van der Waals surface area contributed by atoms with Crippen LogP contribution in [0.2, 0.25) is 0 Å². The molecule has 2 aliphatic rings. The van der Waals surface area contributed by atoms with Crippen molar-refractivity contribution in [3.8, 4) is 0 Å². The van der Waals surface area contributed by atoms with Crippen LogP contribution < -0.4 is 10.6 Å². The molecule has 0 aliphatic carbocycles. The number of amides is 3. The molecule has 2 aliphatic heterocycles. The molecule has 3 amide bonds. The van der Waals surface area contributed by atoms with E-state index >= 15 is 0 Å². The topological polar surface area (TPSA) is 100 Å². The molecular weight excluding hydrogens is 400 g/mol. The molecule has 0 bridgehead atoms. The second-order valence-corrected chi connectivity index (χ2v) is 9.84. The Balaban J connectivity index is 2.10. The number of rotatable bonds is 9. The largest absolute Gasteiger partial charge is 0.378 e. The van der Waals surface area contributed by atoms with Crippen LogP contribution in [0.15, 0.2) is 0 Å². The maximum absolute atomic E-state index is 13.3. The number of ketones is 1. The Morgan fingerprint density at radius 1 is 1.23 bits per heavy atom. The Kier molecular flexibility index (Phi) is 9.27. The van der Waals surface area contributed by atoms with Gasteiger partial charge in [-0.15, -0.1) is 0 Å². The molecule has 2 heterocycles. The molecule has 178 valence electrons. The lowest BCUT2D eigenvalue weighted by atomic mass is 9.76. The number of carbonyl (C=O) groups excluding carboxylic acids is 3. The highest BCUT2D eigenvalue weighted by Gasteiger charge is 2.39. The summed E-state index contributed by atoms with van der Waals surface area (Å²) >= 11 is 0. The lowest BCUT2D eigenvalue weighted by Gasteiger charge is -2.35. The Morgan fingerprint density at radius 3 is 2.45 bits per heavy atom. The van der Waals surface area contributed by atoms with Crippen molar-refractivity contribution in [1.29, 1.82) is 0 Å². The summed E-state index contributed by atoms with van der Waals surface area (Å²) in [6.45, 7) is 11.1. The van der Waals surface area contributed by atoms with Gasteiger partial charge in [0.25, 0.3) is 0 Å². The molecular formula is C22H40N4O5. The SMILES string of the molecule is CC(C)C(C)(C)C[C@H](NC(=O)N1CCOCC1)C(=O)NC1C(=O)COC1CCN(C)C. The van der Waals surface area contributed by atoms with E-state index in [-0.39, 0.29) is 35.8 Å². The van der Waals surface area contributed by atoms with Gasteiger partial charge in [-0.2, -0.15) is 0 Å². The van der Waals surface area contributed by atoms with E-state index < -0.39 is 12.1 Å². The minimum absolute atomic E-state index is 0.00529. The van der Waals surface area contributed by atoms with Crippen molar-refractivity contribution in [2.75, 3.05) is 53.6 Å². The minimum Gasteiger partial charge on any atom is -0.378 e. The smallest absolute Gasteiger partial charge is 0.318 e. The number of urea groups is 1. The number of nitrogens with one attached hydrogen (secondary N) is 2. The lowest BCUT2D eigenvalue weighted by Crippen LogP contribution is -2.57. The van der Waals surface area contributed by atoms with Gasteiger partial charge in [0.1, 0.15) is 18.7 Å². The molecule has 9 nitrogen and oxygen atoms in total. The summed E-state index contributed by atoms with van der Waals surface area (Å²) < 4.78 is 10.9. The summed E-state index contributed by atoms with van der Waals surface area (Å²) in [6, 6.07) is -1.70. The van der Waals surface area contributed by atoms with Crippen molar-refractivity contribution in [3.05, 3.63) is 0 Å². The molecule has 0 spiro atoms. The normalized spacial score (nSPS) is 23.4. The summed E-state index contributed by atoms with van der Waals surface area (Å²) in [5, 5.41) is 5.79. The van der Waals surface area contributed by atoms with Gasteiger partial charge in [-0.3, -0.25) is 9.59 Å². The van der Waals surface area contributed by atoms with E-state index in [2.05, 4.69) is 38.3 Å². The molecule has 2 unspecified atom stereocenters. The molecule has 9 heteroatoms. The first-order valence-electron chi connectivity index (χ1n) is 11.2. The molecule has 0 saturated carbocycles. The van der Waals surface area contributed by atoms with E-state index in [0.29, 0.717) is 45.1 Å². The Morgan fingerprint density at radius 2 is 1.87 bits per heavy atom. The molecule has 0 aromatic rings. The standard InChI is InChI=1S/C22H40N4O5/c1-15(2)22(3,4)13-16(23-21(29)26-9-11-30-12-10-26)20(28)24-19-17(27)14-31-18(19)7-8-25(5)6/h15-16,18-19H,7-14H2,1-6H3,(H,23,29)(H,24,28)/t16-,18?,19?/m0/s1. The first kappa shape index (κ1) is 25.5. The zero-order chi connectivity index (χ0) is 23.2. The predicted molar refractivity (Wildman–Crippen MR) is 118 cm³/mol. The third-order valence-electron chi connectivity index (χ3n) is 6.52. The molecule has 31 heavy (non-hydrogen) atoms. The van der Waals surface area contributed by atoms with Crippen LogP contribution in [-0.4, -0.2) is 99.3 Å². The van der Waals surface area contributed by atoms with Crippen molar-refractivity contribution >= 4 is 17.7 Å². The summed E-state index contributed by atoms with van der Waals surface area (Å²) in [5.41, 5.74) is -0.180. The number of nitrogens with zero attached hydrogens (tertiary/aromatic N) is 2. The van der Waals surface area contributed by atoms with Crippen molar-refractivity contribution in [1.82, 2.24) is 20.4 Å². The maximum Gasteiger partial charge on any atom is 0.318 e. The lowest BCUT2D eigenvalue weighted by molar-refractivity contribution is -0.128. The number of ether oxygens (including phenoxy) is 2. The van der Waals surface area contributed by atoms with Gasteiger partial charge in [0, 0.05) is 19.6 Å². The fourth-order valence-corrected chi connectivity index (χ4v) is 3.62. The first-order chi connectivity index (χ1) is 14.5. The van der Waals surface area contributed by atoms with Crippen LogP contribution in [0.25, 0.3) is 0 Å². The molecule has 0 radical (unpaired) electrons. The Bertz CT molecular complexity index is 631. The predicted octanol–water partition coefficient (Wildman–Crippen LogP) is 0.874. The van der Waals surface area contributed by atoms with Crippen LogP contribution in [0.4, 0.5) is 4.79 Å². The van der Waals surface area contributed by atoms with Gasteiger partial charge in [-0.05, 0) is 38.3 Å². The van der Waals surface area contributed by atoms with E-state index in [9.17, 15) is 14.4 Å². The summed E-state index contributed by atoms with van der Waals surface area (Å²) in [4.78, 5) is 42.1. The van der Waals surface area contributed by atoms with Crippen molar-refractivity contribution in [2.45, 2.75) is 58.7 Å². The third kappa shape index (κ3) is 7.43. The zero-order valence-electron chi connectivity index (χ0n) is 19.9. The molecule has 2 saturated heterocycles. The van der Waals surface area contributed by atoms with Crippen molar-refractivity contribution in [2.24, 2.45) is 11.3 Å². The number of hydrogen-bond donors (Lipinski definition) is 2.